The number of aromatic hydroxyl groups is 1. The summed E-state index contributed by atoms with van der Waals surface area (Å²) in [6.45, 7) is 5.89. The molecule has 0 aliphatic carbocycles. The van der Waals surface area contributed by atoms with Crippen molar-refractivity contribution in [3.63, 3.8) is 0 Å². The topological polar surface area (TPSA) is 41.5 Å². The Morgan fingerprint density at radius 2 is 1.67 bits per heavy atom. The van der Waals surface area contributed by atoms with Gasteiger partial charge in [0.25, 0.3) is 0 Å². The van der Waals surface area contributed by atoms with E-state index >= 15 is 0 Å². The standard InChI is InChI=1S/C18H21NO2/c1-2-13-21-18-9-5-16(6-10-18)14-19-12-11-15-3-7-17(20)8-4-15/h2-10,19-20H,1,11-14H2. The number of phenols is 1. The predicted octanol–water partition coefficient (Wildman–Crippen LogP) is 3.29. The Kier molecular flexibility index (Phi) is 5.85. The molecule has 0 saturated heterocycles. The van der Waals surface area contributed by atoms with Gasteiger partial charge in [0.2, 0.25) is 0 Å². The maximum Gasteiger partial charge on any atom is 0.119 e. The lowest BCUT2D eigenvalue weighted by molar-refractivity contribution is 0.363. The second-order valence-electron chi connectivity index (χ2n) is 4.84. The largest absolute Gasteiger partial charge is 0.508 e. The second-order valence-corrected chi connectivity index (χ2v) is 4.84. The van der Waals surface area contributed by atoms with Gasteiger partial charge < -0.3 is 15.2 Å². The molecule has 21 heavy (non-hydrogen) atoms. The minimum absolute atomic E-state index is 0.311. The quantitative estimate of drug-likeness (QED) is 0.577. The molecular formula is C18H21NO2. The number of ether oxygens (including phenoxy) is 1. The molecule has 0 amide bonds. The van der Waals surface area contributed by atoms with E-state index in [9.17, 15) is 5.11 Å². The van der Waals surface area contributed by atoms with Gasteiger partial charge in [-0.2, -0.15) is 0 Å². The van der Waals surface area contributed by atoms with Gasteiger partial charge in [-0.1, -0.05) is 36.9 Å². The monoisotopic (exact) mass is 283 g/mol. The molecule has 0 aromatic heterocycles. The minimum Gasteiger partial charge on any atom is -0.508 e. The van der Waals surface area contributed by atoms with Crippen molar-refractivity contribution >= 4 is 0 Å². The van der Waals surface area contributed by atoms with Gasteiger partial charge in [0.05, 0.1) is 0 Å². The van der Waals surface area contributed by atoms with Gasteiger partial charge in [0, 0.05) is 6.54 Å². The van der Waals surface area contributed by atoms with E-state index in [-0.39, 0.29) is 0 Å². The third kappa shape index (κ3) is 5.32. The van der Waals surface area contributed by atoms with Crippen molar-refractivity contribution in [1.82, 2.24) is 5.32 Å². The average molecular weight is 283 g/mol. The minimum atomic E-state index is 0.311. The fourth-order valence-corrected chi connectivity index (χ4v) is 1.99. The molecule has 0 atom stereocenters. The van der Waals surface area contributed by atoms with Crippen molar-refractivity contribution in [2.24, 2.45) is 0 Å². The SMILES string of the molecule is C=CCOc1ccc(CNCCc2ccc(O)cc2)cc1. The fourth-order valence-electron chi connectivity index (χ4n) is 1.99. The van der Waals surface area contributed by atoms with E-state index in [1.165, 1.54) is 11.1 Å². The fraction of sp³-hybridized carbons (Fsp3) is 0.222. The number of hydrogen-bond acceptors (Lipinski definition) is 3. The Labute approximate surface area is 125 Å². The van der Waals surface area contributed by atoms with Crippen LogP contribution in [0, 0.1) is 0 Å². The van der Waals surface area contributed by atoms with Crippen LogP contribution in [0.1, 0.15) is 11.1 Å². The van der Waals surface area contributed by atoms with Crippen LogP contribution in [0.15, 0.2) is 61.2 Å². The number of phenolic OH excluding ortho intramolecular Hbond substituents is 1. The summed E-state index contributed by atoms with van der Waals surface area (Å²) in [5, 5.41) is 12.6. The summed E-state index contributed by atoms with van der Waals surface area (Å²) in [5.41, 5.74) is 2.44. The number of hydrogen-bond donors (Lipinski definition) is 2. The Balaban J connectivity index is 1.70. The van der Waals surface area contributed by atoms with Crippen LogP contribution in [0.2, 0.25) is 0 Å². The van der Waals surface area contributed by atoms with Gasteiger partial charge in [0.15, 0.2) is 0 Å². The van der Waals surface area contributed by atoms with Crippen LogP contribution in [0.5, 0.6) is 11.5 Å². The summed E-state index contributed by atoms with van der Waals surface area (Å²) < 4.78 is 5.44. The maximum atomic E-state index is 9.22. The van der Waals surface area contributed by atoms with Crippen LogP contribution in [-0.2, 0) is 13.0 Å². The van der Waals surface area contributed by atoms with Gasteiger partial charge in [-0.15, -0.1) is 0 Å². The maximum absolute atomic E-state index is 9.22. The summed E-state index contributed by atoms with van der Waals surface area (Å²) in [4.78, 5) is 0. The molecule has 0 bridgehead atoms. The van der Waals surface area contributed by atoms with E-state index in [2.05, 4.69) is 24.0 Å². The van der Waals surface area contributed by atoms with Gasteiger partial charge in [-0.3, -0.25) is 0 Å². The lowest BCUT2D eigenvalue weighted by atomic mass is 10.1. The zero-order valence-electron chi connectivity index (χ0n) is 12.1. The van der Waals surface area contributed by atoms with Crippen LogP contribution in [0.4, 0.5) is 0 Å². The summed E-state index contributed by atoms with van der Waals surface area (Å²) in [6.07, 6.45) is 2.68. The van der Waals surface area contributed by atoms with Crippen molar-refractivity contribution in [2.45, 2.75) is 13.0 Å². The van der Waals surface area contributed by atoms with E-state index in [0.717, 1.165) is 25.3 Å². The molecule has 2 aromatic carbocycles. The van der Waals surface area contributed by atoms with Crippen LogP contribution >= 0.6 is 0 Å². The highest BCUT2D eigenvalue weighted by atomic mass is 16.5. The Hall–Kier alpha value is -2.26. The highest BCUT2D eigenvalue weighted by Crippen LogP contribution is 2.12. The normalized spacial score (nSPS) is 10.3. The van der Waals surface area contributed by atoms with Gasteiger partial charge in [-0.25, -0.2) is 0 Å². The summed E-state index contributed by atoms with van der Waals surface area (Å²) in [6, 6.07) is 15.4. The molecular weight excluding hydrogens is 262 g/mol. The third-order valence-electron chi connectivity index (χ3n) is 3.15. The van der Waals surface area contributed by atoms with Crippen molar-refractivity contribution in [3.8, 4) is 11.5 Å². The van der Waals surface area contributed by atoms with Crippen LogP contribution in [0.3, 0.4) is 0 Å². The molecule has 0 saturated carbocycles. The highest BCUT2D eigenvalue weighted by molar-refractivity contribution is 5.28. The number of rotatable bonds is 8. The molecule has 2 rings (SSSR count). The summed E-state index contributed by atoms with van der Waals surface area (Å²) in [5.74, 6) is 1.17. The molecule has 3 nitrogen and oxygen atoms in total. The first-order valence-electron chi connectivity index (χ1n) is 7.09. The van der Waals surface area contributed by atoms with Crippen molar-refractivity contribution in [1.29, 1.82) is 0 Å². The van der Waals surface area contributed by atoms with Crippen molar-refractivity contribution in [2.75, 3.05) is 13.2 Å². The molecule has 0 heterocycles. The van der Waals surface area contributed by atoms with E-state index < -0.39 is 0 Å². The first-order valence-corrected chi connectivity index (χ1v) is 7.09. The first-order chi connectivity index (χ1) is 10.3. The average Bonchev–Trinajstić information content (AvgIpc) is 2.52. The van der Waals surface area contributed by atoms with E-state index in [1.807, 2.05) is 24.3 Å². The van der Waals surface area contributed by atoms with Crippen LogP contribution in [-0.4, -0.2) is 18.3 Å². The number of benzene rings is 2. The number of nitrogens with one attached hydrogen (secondary N) is 1. The third-order valence-corrected chi connectivity index (χ3v) is 3.15. The molecule has 0 aliphatic heterocycles. The Morgan fingerprint density at radius 1 is 1.00 bits per heavy atom. The highest BCUT2D eigenvalue weighted by Gasteiger charge is 1.96. The molecule has 2 aromatic rings. The zero-order valence-corrected chi connectivity index (χ0v) is 12.1. The molecule has 0 radical (unpaired) electrons. The van der Waals surface area contributed by atoms with Crippen LogP contribution < -0.4 is 10.1 Å². The van der Waals surface area contributed by atoms with E-state index in [0.29, 0.717) is 12.4 Å². The first kappa shape index (κ1) is 15.1. The lowest BCUT2D eigenvalue weighted by Crippen LogP contribution is -2.16. The van der Waals surface area contributed by atoms with Gasteiger partial charge in [0.1, 0.15) is 18.1 Å². The predicted molar refractivity (Wildman–Crippen MR) is 85.7 cm³/mol. The second kappa shape index (κ2) is 8.12. The Bertz CT molecular complexity index is 546. The molecule has 0 spiro atoms. The molecule has 110 valence electrons. The summed E-state index contributed by atoms with van der Waals surface area (Å²) >= 11 is 0. The molecule has 0 aliphatic rings. The van der Waals surface area contributed by atoms with Crippen molar-refractivity contribution < 1.29 is 9.84 Å². The molecule has 0 fully saturated rings. The zero-order chi connectivity index (χ0) is 14.9. The lowest BCUT2D eigenvalue weighted by Gasteiger charge is -2.07. The smallest absolute Gasteiger partial charge is 0.119 e. The van der Waals surface area contributed by atoms with Gasteiger partial charge >= 0.3 is 0 Å². The molecule has 3 heteroatoms. The van der Waals surface area contributed by atoms with Crippen LogP contribution in [0.25, 0.3) is 0 Å². The molecule has 0 unspecified atom stereocenters. The van der Waals surface area contributed by atoms with Crippen molar-refractivity contribution in [3.05, 3.63) is 72.3 Å². The summed E-state index contributed by atoms with van der Waals surface area (Å²) in [7, 11) is 0. The van der Waals surface area contributed by atoms with E-state index in [1.54, 1.807) is 18.2 Å². The van der Waals surface area contributed by atoms with Gasteiger partial charge in [-0.05, 0) is 48.4 Å². The Morgan fingerprint density at radius 3 is 2.33 bits per heavy atom. The van der Waals surface area contributed by atoms with E-state index in [4.69, 9.17) is 4.74 Å². The molecule has 2 N–H and O–H groups in total.